The highest BCUT2D eigenvalue weighted by molar-refractivity contribution is 7.89. The second-order valence-electron chi connectivity index (χ2n) is 6.73. The number of amides is 1. The Labute approximate surface area is 175 Å². The zero-order valence-electron chi connectivity index (χ0n) is 16.7. The lowest BCUT2D eigenvalue weighted by Crippen LogP contribution is -2.26. The Balaban J connectivity index is 1.59. The summed E-state index contributed by atoms with van der Waals surface area (Å²) in [6.07, 6.45) is 3.27. The molecule has 0 fully saturated rings. The second-order valence-corrected chi connectivity index (χ2v) is 8.62. The molecule has 30 heavy (non-hydrogen) atoms. The standard InChI is InChI=1S/C21H23FN4O3S/c1-15-16(14-26(25-15)17-8-4-3-5-9-17)7-6-12-24-21(27)19-13-18(10-11-20(19)22)30(28,29)23-2/h3-5,8-11,13-14,23H,6-7,12H2,1-2H3,(H,24,27). The van der Waals surface area contributed by atoms with Crippen LogP contribution in [0, 0.1) is 12.7 Å². The van der Waals surface area contributed by atoms with Gasteiger partial charge in [0.25, 0.3) is 5.91 Å². The zero-order chi connectivity index (χ0) is 21.7. The number of aryl methyl sites for hydroxylation is 2. The number of rotatable bonds is 8. The molecule has 158 valence electrons. The van der Waals surface area contributed by atoms with Gasteiger partial charge in [-0.3, -0.25) is 4.79 Å². The normalized spacial score (nSPS) is 11.4. The predicted octanol–water partition coefficient (Wildman–Crippen LogP) is 2.59. The van der Waals surface area contributed by atoms with Crippen molar-refractivity contribution in [1.82, 2.24) is 19.8 Å². The molecular weight excluding hydrogens is 407 g/mol. The number of benzene rings is 2. The fourth-order valence-corrected chi connectivity index (χ4v) is 3.75. The minimum absolute atomic E-state index is 0.166. The Bertz CT molecular complexity index is 1140. The third-order valence-corrected chi connectivity index (χ3v) is 6.10. The van der Waals surface area contributed by atoms with E-state index in [9.17, 15) is 17.6 Å². The van der Waals surface area contributed by atoms with Gasteiger partial charge in [-0.05, 0) is 62.7 Å². The third-order valence-electron chi connectivity index (χ3n) is 4.69. The largest absolute Gasteiger partial charge is 0.352 e. The molecule has 1 amide bonds. The molecular formula is C21H23FN4O3S. The van der Waals surface area contributed by atoms with Crippen LogP contribution in [0.2, 0.25) is 0 Å². The van der Waals surface area contributed by atoms with E-state index in [0.29, 0.717) is 19.4 Å². The maximum atomic E-state index is 14.0. The molecule has 0 atom stereocenters. The topological polar surface area (TPSA) is 93.1 Å². The molecule has 0 saturated carbocycles. The molecule has 0 radical (unpaired) electrons. The summed E-state index contributed by atoms with van der Waals surface area (Å²) in [5.41, 5.74) is 2.62. The lowest BCUT2D eigenvalue weighted by molar-refractivity contribution is 0.0949. The van der Waals surface area contributed by atoms with E-state index in [4.69, 9.17) is 0 Å². The zero-order valence-corrected chi connectivity index (χ0v) is 17.5. The molecule has 7 nitrogen and oxygen atoms in total. The number of hydrogen-bond acceptors (Lipinski definition) is 4. The quantitative estimate of drug-likeness (QED) is 0.537. The lowest BCUT2D eigenvalue weighted by Gasteiger charge is -2.08. The van der Waals surface area contributed by atoms with E-state index in [-0.39, 0.29) is 10.5 Å². The fraction of sp³-hybridized carbons (Fsp3) is 0.238. The summed E-state index contributed by atoms with van der Waals surface area (Å²) in [4.78, 5) is 12.2. The summed E-state index contributed by atoms with van der Waals surface area (Å²) in [5.74, 6) is -1.43. The molecule has 0 aliphatic carbocycles. The van der Waals surface area contributed by atoms with Crippen molar-refractivity contribution in [2.75, 3.05) is 13.6 Å². The van der Waals surface area contributed by atoms with Crippen molar-refractivity contribution < 1.29 is 17.6 Å². The Hall–Kier alpha value is -3.04. The van der Waals surface area contributed by atoms with Gasteiger partial charge in [-0.2, -0.15) is 5.10 Å². The van der Waals surface area contributed by atoms with Gasteiger partial charge in [0.15, 0.2) is 0 Å². The van der Waals surface area contributed by atoms with Crippen LogP contribution in [0.25, 0.3) is 5.69 Å². The molecule has 0 aliphatic rings. The van der Waals surface area contributed by atoms with Gasteiger partial charge < -0.3 is 5.32 Å². The molecule has 9 heteroatoms. The summed E-state index contributed by atoms with van der Waals surface area (Å²) >= 11 is 0. The van der Waals surface area contributed by atoms with Crippen molar-refractivity contribution in [3.05, 3.63) is 77.4 Å². The van der Waals surface area contributed by atoms with Crippen LogP contribution in [0.5, 0.6) is 0 Å². The lowest BCUT2D eigenvalue weighted by atomic mass is 10.1. The van der Waals surface area contributed by atoms with E-state index in [1.165, 1.54) is 7.05 Å². The third kappa shape index (κ3) is 4.92. The number of aromatic nitrogens is 2. The minimum Gasteiger partial charge on any atom is -0.352 e. The average Bonchev–Trinajstić information content (AvgIpc) is 3.12. The van der Waals surface area contributed by atoms with Gasteiger partial charge in [0.1, 0.15) is 5.82 Å². The number of nitrogens with zero attached hydrogens (tertiary/aromatic N) is 2. The van der Waals surface area contributed by atoms with Crippen LogP contribution in [0.15, 0.2) is 59.6 Å². The summed E-state index contributed by atoms with van der Waals surface area (Å²) in [7, 11) is -2.51. The Kier molecular flexibility index (Phi) is 6.63. The monoisotopic (exact) mass is 430 g/mol. The molecule has 0 bridgehead atoms. The van der Waals surface area contributed by atoms with E-state index in [1.54, 1.807) is 0 Å². The molecule has 3 aromatic rings. The number of carbonyl (C=O) groups is 1. The summed E-state index contributed by atoms with van der Waals surface area (Å²) < 4.78 is 41.7. The molecule has 2 aromatic carbocycles. The molecule has 0 aliphatic heterocycles. The van der Waals surface area contributed by atoms with E-state index in [0.717, 1.165) is 35.1 Å². The molecule has 0 saturated heterocycles. The first-order chi connectivity index (χ1) is 14.3. The van der Waals surface area contributed by atoms with Crippen LogP contribution in [0.4, 0.5) is 4.39 Å². The van der Waals surface area contributed by atoms with Crippen molar-refractivity contribution in [1.29, 1.82) is 0 Å². The van der Waals surface area contributed by atoms with E-state index in [1.807, 2.05) is 48.1 Å². The molecule has 1 aromatic heterocycles. The van der Waals surface area contributed by atoms with Gasteiger partial charge in [0.2, 0.25) is 10.0 Å². The number of nitrogens with one attached hydrogen (secondary N) is 2. The first-order valence-corrected chi connectivity index (χ1v) is 10.9. The van der Waals surface area contributed by atoms with E-state index < -0.39 is 21.7 Å². The van der Waals surface area contributed by atoms with Crippen LogP contribution in [-0.2, 0) is 16.4 Å². The first-order valence-electron chi connectivity index (χ1n) is 9.43. The van der Waals surface area contributed by atoms with Crippen molar-refractivity contribution in [3.63, 3.8) is 0 Å². The van der Waals surface area contributed by atoms with Crippen molar-refractivity contribution in [2.45, 2.75) is 24.7 Å². The fourth-order valence-electron chi connectivity index (χ4n) is 2.99. The predicted molar refractivity (Wildman–Crippen MR) is 112 cm³/mol. The summed E-state index contributed by atoms with van der Waals surface area (Å²) in [6.45, 7) is 2.24. The SMILES string of the molecule is CNS(=O)(=O)c1ccc(F)c(C(=O)NCCCc2cn(-c3ccccc3)nc2C)c1. The van der Waals surface area contributed by atoms with Crippen LogP contribution in [0.3, 0.4) is 0 Å². The Morgan fingerprint density at radius 3 is 2.60 bits per heavy atom. The van der Waals surface area contributed by atoms with Crippen LogP contribution >= 0.6 is 0 Å². The van der Waals surface area contributed by atoms with Crippen LogP contribution in [0.1, 0.15) is 28.0 Å². The van der Waals surface area contributed by atoms with Gasteiger partial charge in [0.05, 0.1) is 21.8 Å². The average molecular weight is 431 g/mol. The Morgan fingerprint density at radius 1 is 1.17 bits per heavy atom. The minimum atomic E-state index is -3.76. The van der Waals surface area contributed by atoms with Crippen LogP contribution in [-0.4, -0.2) is 37.7 Å². The second kappa shape index (κ2) is 9.19. The van der Waals surface area contributed by atoms with Crippen molar-refractivity contribution in [3.8, 4) is 5.69 Å². The Morgan fingerprint density at radius 2 is 1.90 bits per heavy atom. The van der Waals surface area contributed by atoms with Gasteiger partial charge in [-0.15, -0.1) is 0 Å². The van der Waals surface area contributed by atoms with E-state index in [2.05, 4.69) is 15.1 Å². The van der Waals surface area contributed by atoms with Gasteiger partial charge >= 0.3 is 0 Å². The summed E-state index contributed by atoms with van der Waals surface area (Å²) in [5, 5.41) is 7.15. The number of para-hydroxylation sites is 1. The van der Waals surface area contributed by atoms with Gasteiger partial charge in [-0.25, -0.2) is 22.2 Å². The molecule has 3 rings (SSSR count). The van der Waals surface area contributed by atoms with Gasteiger partial charge in [0, 0.05) is 12.7 Å². The molecule has 2 N–H and O–H groups in total. The van der Waals surface area contributed by atoms with Gasteiger partial charge in [-0.1, -0.05) is 18.2 Å². The van der Waals surface area contributed by atoms with E-state index >= 15 is 0 Å². The molecule has 0 unspecified atom stereocenters. The molecule has 1 heterocycles. The smallest absolute Gasteiger partial charge is 0.254 e. The maximum Gasteiger partial charge on any atom is 0.254 e. The van der Waals surface area contributed by atoms with Crippen molar-refractivity contribution in [2.24, 2.45) is 0 Å². The number of carbonyl (C=O) groups excluding carboxylic acids is 1. The number of sulfonamides is 1. The highest BCUT2D eigenvalue weighted by Crippen LogP contribution is 2.16. The first kappa shape index (κ1) is 21.7. The van der Waals surface area contributed by atoms with Crippen LogP contribution < -0.4 is 10.0 Å². The highest BCUT2D eigenvalue weighted by Gasteiger charge is 2.18. The van der Waals surface area contributed by atoms with Crippen molar-refractivity contribution >= 4 is 15.9 Å². The highest BCUT2D eigenvalue weighted by atomic mass is 32.2. The maximum absolute atomic E-state index is 14.0. The number of halogens is 1. The number of hydrogen-bond donors (Lipinski definition) is 2. The molecule has 0 spiro atoms. The summed E-state index contributed by atoms with van der Waals surface area (Å²) in [6, 6.07) is 12.9.